The maximum absolute atomic E-state index is 14.1. The largest absolute Gasteiger partial charge is 0.417 e. The van der Waals surface area contributed by atoms with E-state index in [-0.39, 0.29) is 30.0 Å². The molecule has 1 fully saturated rings. The number of benzene rings is 3. The summed E-state index contributed by atoms with van der Waals surface area (Å²) in [5.41, 5.74) is 3.79. The molecule has 1 aromatic heterocycles. The van der Waals surface area contributed by atoms with Gasteiger partial charge in [-0.25, -0.2) is 0 Å². The molecule has 3 heterocycles. The van der Waals surface area contributed by atoms with E-state index in [1.165, 1.54) is 12.1 Å². The van der Waals surface area contributed by atoms with Gasteiger partial charge in [-0.15, -0.1) is 0 Å². The van der Waals surface area contributed by atoms with Gasteiger partial charge in [0.25, 0.3) is 11.8 Å². The third-order valence-corrected chi connectivity index (χ3v) is 8.70. The quantitative estimate of drug-likeness (QED) is 0.276. The molecule has 0 spiro atoms. The lowest BCUT2D eigenvalue weighted by Crippen LogP contribution is -2.39. The molecule has 2 aliphatic heterocycles. The molecule has 6 nitrogen and oxygen atoms in total. The van der Waals surface area contributed by atoms with E-state index in [1.54, 1.807) is 36.1 Å². The van der Waals surface area contributed by atoms with Gasteiger partial charge in [-0.2, -0.15) is 13.2 Å². The van der Waals surface area contributed by atoms with E-state index in [9.17, 15) is 22.8 Å². The number of hydrogen-bond donors (Lipinski definition) is 0. The van der Waals surface area contributed by atoms with Gasteiger partial charge in [0.1, 0.15) is 5.69 Å². The number of para-hydroxylation sites is 1. The van der Waals surface area contributed by atoms with Crippen LogP contribution in [0, 0.1) is 6.92 Å². The van der Waals surface area contributed by atoms with E-state index in [0.717, 1.165) is 42.5 Å². The first kappa shape index (κ1) is 28.7. The van der Waals surface area contributed by atoms with Gasteiger partial charge in [0, 0.05) is 36.6 Å². The number of carbonyl (C=O) groups is 2. The van der Waals surface area contributed by atoms with Crippen molar-refractivity contribution in [1.29, 1.82) is 0 Å². The first-order valence-corrected chi connectivity index (χ1v) is 14.3. The van der Waals surface area contributed by atoms with Crippen LogP contribution in [0.25, 0.3) is 11.1 Å². The summed E-state index contributed by atoms with van der Waals surface area (Å²) < 4.78 is 43.1. The van der Waals surface area contributed by atoms with Crippen LogP contribution in [0.1, 0.15) is 49.7 Å². The fraction of sp³-hybridized carbons (Fsp3) is 0.294. The Kier molecular flexibility index (Phi) is 7.38. The van der Waals surface area contributed by atoms with Crippen molar-refractivity contribution in [3.8, 4) is 11.1 Å². The Hall–Kier alpha value is -4.37. The number of likely N-dealkylation sites (tertiary alicyclic amines) is 1. The summed E-state index contributed by atoms with van der Waals surface area (Å²) in [6.45, 7) is 4.19. The van der Waals surface area contributed by atoms with Crippen LogP contribution < -0.4 is 4.90 Å². The van der Waals surface area contributed by atoms with Gasteiger partial charge in [0.15, 0.2) is 0 Å². The van der Waals surface area contributed by atoms with Crippen LogP contribution in [0.3, 0.4) is 0 Å². The maximum Gasteiger partial charge on any atom is 0.417 e. The number of likely N-dealkylation sites (N-methyl/N-ethyl adjacent to an activating group) is 2. The van der Waals surface area contributed by atoms with Crippen molar-refractivity contribution < 1.29 is 22.8 Å². The molecule has 0 radical (unpaired) electrons. The minimum Gasteiger partial charge on any atom is -0.336 e. The zero-order chi connectivity index (χ0) is 30.5. The molecule has 0 bridgehead atoms. The summed E-state index contributed by atoms with van der Waals surface area (Å²) in [4.78, 5) is 33.4. The summed E-state index contributed by atoms with van der Waals surface area (Å²) in [5.74, 6) is -0.311. The van der Waals surface area contributed by atoms with Crippen LogP contribution in [-0.2, 0) is 19.3 Å². The zero-order valence-electron chi connectivity index (χ0n) is 24.4. The van der Waals surface area contributed by atoms with Gasteiger partial charge in [-0.05, 0) is 85.6 Å². The highest BCUT2D eigenvalue weighted by Crippen LogP contribution is 2.38. The van der Waals surface area contributed by atoms with E-state index < -0.39 is 11.7 Å². The second-order valence-corrected chi connectivity index (χ2v) is 11.5. The third-order valence-electron chi connectivity index (χ3n) is 8.70. The van der Waals surface area contributed by atoms with Crippen molar-refractivity contribution in [1.82, 2.24) is 14.4 Å². The van der Waals surface area contributed by atoms with Crippen LogP contribution in [0.2, 0.25) is 0 Å². The van der Waals surface area contributed by atoms with Crippen molar-refractivity contribution in [2.75, 3.05) is 32.1 Å². The van der Waals surface area contributed by atoms with E-state index in [0.29, 0.717) is 28.9 Å². The summed E-state index contributed by atoms with van der Waals surface area (Å²) >= 11 is 0. The Balaban J connectivity index is 1.33. The highest BCUT2D eigenvalue weighted by molar-refractivity contribution is 6.07. The summed E-state index contributed by atoms with van der Waals surface area (Å²) in [6.07, 6.45) is -3.57. The number of carbonyl (C=O) groups excluding carboxylic acids is 2. The first-order chi connectivity index (χ1) is 20.5. The van der Waals surface area contributed by atoms with E-state index in [4.69, 9.17) is 0 Å². The minimum atomic E-state index is -4.50. The smallest absolute Gasteiger partial charge is 0.336 e. The van der Waals surface area contributed by atoms with Gasteiger partial charge < -0.3 is 19.3 Å². The molecule has 0 saturated carbocycles. The molecule has 9 heteroatoms. The zero-order valence-corrected chi connectivity index (χ0v) is 24.4. The van der Waals surface area contributed by atoms with Crippen LogP contribution in [0.15, 0.2) is 78.9 Å². The lowest BCUT2D eigenvalue weighted by Gasteiger charge is -2.25. The van der Waals surface area contributed by atoms with Gasteiger partial charge in [0.2, 0.25) is 0 Å². The topological polar surface area (TPSA) is 48.8 Å². The summed E-state index contributed by atoms with van der Waals surface area (Å²) in [5, 5.41) is 0. The molecule has 222 valence electrons. The van der Waals surface area contributed by atoms with Crippen molar-refractivity contribution in [2.24, 2.45) is 0 Å². The second-order valence-electron chi connectivity index (χ2n) is 11.5. The molecule has 0 N–H and O–H groups in total. The molecule has 1 atom stereocenters. The Morgan fingerprint density at radius 3 is 2.37 bits per heavy atom. The number of amides is 2. The van der Waals surface area contributed by atoms with Crippen LogP contribution in [0.5, 0.6) is 0 Å². The molecule has 3 aromatic carbocycles. The number of halogens is 3. The number of hydrogen-bond acceptors (Lipinski definition) is 3. The normalized spacial score (nSPS) is 16.9. The molecule has 6 rings (SSSR count). The highest BCUT2D eigenvalue weighted by Gasteiger charge is 2.34. The number of nitrogens with zero attached hydrogens (tertiary/aromatic N) is 4. The lowest BCUT2D eigenvalue weighted by molar-refractivity contribution is -0.137. The predicted octanol–water partition coefficient (Wildman–Crippen LogP) is 6.47. The highest BCUT2D eigenvalue weighted by atomic mass is 19.4. The SMILES string of the molecule is Cc1cc(C(=O)N2Cc3ccc(C(=O)N(C)C4CCN(C)C4)n3Cc3ccccc32)ccc1-c1ccccc1C(F)(F)F. The molecule has 1 saturated heterocycles. The third kappa shape index (κ3) is 5.33. The Bertz CT molecular complexity index is 1710. The second kappa shape index (κ2) is 11.0. The average molecular weight is 587 g/mol. The molecular formula is C34H33F3N4O2. The number of rotatable bonds is 4. The van der Waals surface area contributed by atoms with Gasteiger partial charge in [0.05, 0.1) is 18.7 Å². The van der Waals surface area contributed by atoms with Crippen LogP contribution >= 0.6 is 0 Å². The van der Waals surface area contributed by atoms with Crippen molar-refractivity contribution in [3.05, 3.63) is 113 Å². The Morgan fingerprint density at radius 1 is 0.907 bits per heavy atom. The fourth-order valence-corrected chi connectivity index (χ4v) is 6.32. The summed E-state index contributed by atoms with van der Waals surface area (Å²) in [6, 6.07) is 21.8. The van der Waals surface area contributed by atoms with Crippen molar-refractivity contribution >= 4 is 17.5 Å². The maximum atomic E-state index is 14.1. The molecule has 4 aromatic rings. The van der Waals surface area contributed by atoms with Gasteiger partial charge in [-0.3, -0.25) is 9.59 Å². The first-order valence-electron chi connectivity index (χ1n) is 14.3. The lowest BCUT2D eigenvalue weighted by atomic mass is 9.94. The number of alkyl halides is 3. The number of aromatic nitrogens is 1. The molecule has 0 aliphatic carbocycles. The van der Waals surface area contributed by atoms with E-state index >= 15 is 0 Å². The Morgan fingerprint density at radius 2 is 1.65 bits per heavy atom. The van der Waals surface area contributed by atoms with Crippen molar-refractivity contribution in [3.63, 3.8) is 0 Å². The van der Waals surface area contributed by atoms with Gasteiger partial charge >= 0.3 is 6.18 Å². The number of anilines is 1. The van der Waals surface area contributed by atoms with Crippen LogP contribution in [0.4, 0.5) is 18.9 Å². The molecule has 2 aliphatic rings. The van der Waals surface area contributed by atoms with Crippen LogP contribution in [-0.4, -0.2) is 59.4 Å². The molecular weight excluding hydrogens is 553 g/mol. The number of aryl methyl sites for hydroxylation is 1. The number of fused-ring (bicyclic) bond motifs is 2. The predicted molar refractivity (Wildman–Crippen MR) is 160 cm³/mol. The standard InChI is InChI=1S/C34H33F3N4O2/c1-22-18-23(12-14-27(22)28-9-5-6-10-29(28)34(35,36)37)32(42)41-21-26-13-15-31(33(43)39(3)25-16-17-38(2)20-25)40(26)19-24-8-4-7-11-30(24)41/h4-15,18,25H,16-17,19-21H2,1-3H3. The van der Waals surface area contributed by atoms with E-state index in [1.807, 2.05) is 52.9 Å². The Labute approximate surface area is 248 Å². The monoisotopic (exact) mass is 586 g/mol. The summed E-state index contributed by atoms with van der Waals surface area (Å²) in [7, 11) is 3.91. The van der Waals surface area contributed by atoms with Gasteiger partial charge in [-0.1, -0.05) is 42.5 Å². The molecule has 43 heavy (non-hydrogen) atoms. The van der Waals surface area contributed by atoms with Crippen molar-refractivity contribution in [2.45, 2.75) is 38.7 Å². The molecule has 2 amide bonds. The minimum absolute atomic E-state index is 0.0471. The fourth-order valence-electron chi connectivity index (χ4n) is 6.32. The average Bonchev–Trinajstić information content (AvgIpc) is 3.56. The van der Waals surface area contributed by atoms with E-state index in [2.05, 4.69) is 11.9 Å². The molecule has 1 unspecified atom stereocenters.